The first-order valence-electron chi connectivity index (χ1n) is 4.78. The van der Waals surface area contributed by atoms with Crippen molar-refractivity contribution < 1.29 is 0 Å². The standard InChI is InChI=1S/C11H19N/c1-5-6-10-7-9(8-12-10)11(2,3)4/h7H,5-6,8H2,1-4H3. The smallest absolute Gasteiger partial charge is 0.0611 e. The molecule has 0 spiro atoms. The molecule has 0 radical (unpaired) electrons. The van der Waals surface area contributed by atoms with Crippen molar-refractivity contribution in [1.29, 1.82) is 0 Å². The lowest BCUT2D eigenvalue weighted by Crippen LogP contribution is -2.09. The molecule has 1 heterocycles. The summed E-state index contributed by atoms with van der Waals surface area (Å²) < 4.78 is 0. The van der Waals surface area contributed by atoms with Crippen molar-refractivity contribution in [3.8, 4) is 0 Å². The maximum Gasteiger partial charge on any atom is 0.0611 e. The lowest BCUT2D eigenvalue weighted by molar-refractivity contribution is 0.499. The molecular formula is C11H19N. The van der Waals surface area contributed by atoms with Crippen LogP contribution in [-0.4, -0.2) is 12.3 Å². The minimum absolute atomic E-state index is 0.305. The van der Waals surface area contributed by atoms with Gasteiger partial charge in [-0.05, 0) is 23.5 Å². The summed E-state index contributed by atoms with van der Waals surface area (Å²) >= 11 is 0. The summed E-state index contributed by atoms with van der Waals surface area (Å²) in [5.74, 6) is 0. The third-order valence-electron chi connectivity index (χ3n) is 2.26. The number of aliphatic imine (C=N–C) groups is 1. The summed E-state index contributed by atoms with van der Waals surface area (Å²) in [6.45, 7) is 9.89. The van der Waals surface area contributed by atoms with Crippen molar-refractivity contribution in [2.24, 2.45) is 10.4 Å². The van der Waals surface area contributed by atoms with Crippen molar-refractivity contribution in [2.75, 3.05) is 6.54 Å². The van der Waals surface area contributed by atoms with Gasteiger partial charge in [0.25, 0.3) is 0 Å². The van der Waals surface area contributed by atoms with Crippen molar-refractivity contribution in [3.63, 3.8) is 0 Å². The van der Waals surface area contributed by atoms with E-state index in [-0.39, 0.29) is 0 Å². The Kier molecular flexibility index (Phi) is 2.71. The molecule has 0 unspecified atom stereocenters. The van der Waals surface area contributed by atoms with E-state index >= 15 is 0 Å². The summed E-state index contributed by atoms with van der Waals surface area (Å²) in [6.07, 6.45) is 4.62. The Hall–Kier alpha value is -0.590. The predicted molar refractivity (Wildman–Crippen MR) is 54.7 cm³/mol. The maximum absolute atomic E-state index is 4.50. The van der Waals surface area contributed by atoms with Crippen LogP contribution in [0.25, 0.3) is 0 Å². The highest BCUT2D eigenvalue weighted by molar-refractivity contribution is 5.97. The molecule has 12 heavy (non-hydrogen) atoms. The fourth-order valence-corrected chi connectivity index (χ4v) is 1.34. The minimum atomic E-state index is 0.305. The second-order valence-electron chi connectivity index (χ2n) is 4.48. The molecule has 1 aliphatic heterocycles. The van der Waals surface area contributed by atoms with E-state index in [9.17, 15) is 0 Å². The van der Waals surface area contributed by atoms with Crippen molar-refractivity contribution in [3.05, 3.63) is 11.6 Å². The highest BCUT2D eigenvalue weighted by Crippen LogP contribution is 2.28. The second-order valence-corrected chi connectivity index (χ2v) is 4.48. The zero-order valence-electron chi connectivity index (χ0n) is 8.65. The van der Waals surface area contributed by atoms with Crippen LogP contribution in [0.3, 0.4) is 0 Å². The largest absolute Gasteiger partial charge is 0.285 e. The number of allylic oxidation sites excluding steroid dienone is 1. The zero-order chi connectivity index (χ0) is 9.19. The molecule has 0 saturated heterocycles. The second kappa shape index (κ2) is 3.42. The van der Waals surface area contributed by atoms with Crippen LogP contribution in [-0.2, 0) is 0 Å². The topological polar surface area (TPSA) is 12.4 Å². The van der Waals surface area contributed by atoms with E-state index in [0.717, 1.165) is 13.0 Å². The SMILES string of the molecule is CCCC1=NCC(C(C)(C)C)=C1. The monoisotopic (exact) mass is 165 g/mol. The summed E-state index contributed by atoms with van der Waals surface area (Å²) in [5.41, 5.74) is 3.08. The van der Waals surface area contributed by atoms with Gasteiger partial charge in [0.05, 0.1) is 6.54 Å². The Morgan fingerprint density at radius 3 is 2.50 bits per heavy atom. The molecule has 0 aromatic heterocycles. The fourth-order valence-electron chi connectivity index (χ4n) is 1.34. The van der Waals surface area contributed by atoms with Crippen LogP contribution in [0.15, 0.2) is 16.6 Å². The summed E-state index contributed by atoms with van der Waals surface area (Å²) in [4.78, 5) is 4.50. The third kappa shape index (κ3) is 2.20. The highest BCUT2D eigenvalue weighted by Gasteiger charge is 2.20. The van der Waals surface area contributed by atoms with Gasteiger partial charge >= 0.3 is 0 Å². The predicted octanol–water partition coefficient (Wildman–Crippen LogP) is 3.21. The van der Waals surface area contributed by atoms with Gasteiger partial charge in [0.1, 0.15) is 0 Å². The van der Waals surface area contributed by atoms with Crippen molar-refractivity contribution in [2.45, 2.75) is 40.5 Å². The van der Waals surface area contributed by atoms with Crippen LogP contribution in [0, 0.1) is 5.41 Å². The molecular weight excluding hydrogens is 146 g/mol. The first-order chi connectivity index (χ1) is 5.54. The third-order valence-corrected chi connectivity index (χ3v) is 2.26. The lowest BCUT2D eigenvalue weighted by Gasteiger charge is -2.18. The van der Waals surface area contributed by atoms with Crippen LogP contribution >= 0.6 is 0 Å². The summed E-state index contributed by atoms with van der Waals surface area (Å²) in [5, 5.41) is 0. The normalized spacial score (nSPS) is 17.7. The quantitative estimate of drug-likeness (QED) is 0.595. The van der Waals surface area contributed by atoms with Crippen LogP contribution < -0.4 is 0 Å². The molecule has 0 fully saturated rings. The van der Waals surface area contributed by atoms with Gasteiger partial charge in [-0.15, -0.1) is 0 Å². The van der Waals surface area contributed by atoms with Crippen molar-refractivity contribution in [1.82, 2.24) is 0 Å². The summed E-state index contributed by atoms with van der Waals surface area (Å²) in [7, 11) is 0. The number of rotatable bonds is 2. The minimum Gasteiger partial charge on any atom is -0.285 e. The Morgan fingerprint density at radius 1 is 1.42 bits per heavy atom. The molecule has 0 bridgehead atoms. The van der Waals surface area contributed by atoms with E-state index in [1.165, 1.54) is 17.7 Å². The Balaban J connectivity index is 2.61. The Bertz CT molecular complexity index is 216. The average Bonchev–Trinajstić information content (AvgIpc) is 2.35. The molecule has 1 heteroatoms. The number of hydrogen-bond acceptors (Lipinski definition) is 1. The van der Waals surface area contributed by atoms with Gasteiger partial charge in [0, 0.05) is 5.71 Å². The zero-order valence-corrected chi connectivity index (χ0v) is 8.65. The Labute approximate surface area is 75.6 Å². The molecule has 0 saturated carbocycles. The van der Waals surface area contributed by atoms with Gasteiger partial charge in [-0.3, -0.25) is 4.99 Å². The lowest BCUT2D eigenvalue weighted by atomic mass is 9.86. The maximum atomic E-state index is 4.50. The van der Waals surface area contributed by atoms with Crippen LogP contribution in [0.4, 0.5) is 0 Å². The molecule has 1 nitrogen and oxygen atoms in total. The van der Waals surface area contributed by atoms with Gasteiger partial charge < -0.3 is 0 Å². The van der Waals surface area contributed by atoms with E-state index in [0.29, 0.717) is 5.41 Å². The van der Waals surface area contributed by atoms with Crippen molar-refractivity contribution >= 4 is 5.71 Å². The van der Waals surface area contributed by atoms with E-state index in [4.69, 9.17) is 0 Å². The van der Waals surface area contributed by atoms with Gasteiger partial charge in [-0.25, -0.2) is 0 Å². The first kappa shape index (κ1) is 9.50. The van der Waals surface area contributed by atoms with E-state index in [1.54, 1.807) is 0 Å². The van der Waals surface area contributed by atoms with Crippen LogP contribution in [0.5, 0.6) is 0 Å². The molecule has 1 rings (SSSR count). The van der Waals surface area contributed by atoms with Gasteiger partial charge in [-0.2, -0.15) is 0 Å². The van der Waals surface area contributed by atoms with Crippen LogP contribution in [0.1, 0.15) is 40.5 Å². The van der Waals surface area contributed by atoms with Gasteiger partial charge in [-0.1, -0.05) is 34.1 Å². The molecule has 0 N–H and O–H groups in total. The molecule has 68 valence electrons. The average molecular weight is 165 g/mol. The summed E-state index contributed by atoms with van der Waals surface area (Å²) in [6, 6.07) is 0. The van der Waals surface area contributed by atoms with E-state index in [1.807, 2.05) is 0 Å². The highest BCUT2D eigenvalue weighted by atomic mass is 14.8. The molecule has 0 aromatic rings. The first-order valence-corrected chi connectivity index (χ1v) is 4.78. The molecule has 0 amide bonds. The molecule has 0 aromatic carbocycles. The molecule has 0 atom stereocenters. The van der Waals surface area contributed by atoms with Gasteiger partial charge in [0.2, 0.25) is 0 Å². The van der Waals surface area contributed by atoms with E-state index < -0.39 is 0 Å². The van der Waals surface area contributed by atoms with Crippen LogP contribution in [0.2, 0.25) is 0 Å². The fraction of sp³-hybridized carbons (Fsp3) is 0.727. The number of nitrogens with zero attached hydrogens (tertiary/aromatic N) is 1. The molecule has 1 aliphatic rings. The number of hydrogen-bond donors (Lipinski definition) is 0. The van der Waals surface area contributed by atoms with Gasteiger partial charge in [0.15, 0.2) is 0 Å². The molecule has 0 aliphatic carbocycles. The van der Waals surface area contributed by atoms with E-state index in [2.05, 4.69) is 38.8 Å². The Morgan fingerprint density at radius 2 is 2.08 bits per heavy atom.